The molecule has 0 radical (unpaired) electrons. The second-order valence-electron chi connectivity index (χ2n) is 5.82. The Morgan fingerprint density at radius 2 is 1.88 bits per heavy atom. The zero-order chi connectivity index (χ0) is 17.7. The molecule has 0 aliphatic carbocycles. The molecule has 2 aliphatic heterocycles. The Morgan fingerprint density at radius 3 is 2.56 bits per heavy atom. The molecule has 7 nitrogen and oxygen atoms in total. The van der Waals surface area contributed by atoms with E-state index < -0.39 is 41.4 Å². The molecule has 1 saturated heterocycles. The van der Waals surface area contributed by atoms with E-state index in [0.29, 0.717) is 5.03 Å². The van der Waals surface area contributed by atoms with Gasteiger partial charge in [0.25, 0.3) is 0 Å². The lowest BCUT2D eigenvalue weighted by Gasteiger charge is -2.29. The summed E-state index contributed by atoms with van der Waals surface area (Å²) in [6.07, 6.45) is 0. The number of hydrogen-bond acceptors (Lipinski definition) is 6. The van der Waals surface area contributed by atoms with Crippen LogP contribution in [-0.2, 0) is 14.4 Å². The number of fused-ring (bicyclic) bond motifs is 2. The van der Waals surface area contributed by atoms with E-state index in [1.54, 1.807) is 0 Å². The van der Waals surface area contributed by atoms with Crippen molar-refractivity contribution < 1.29 is 19.5 Å². The number of aliphatic carboxylic acids is 1. The van der Waals surface area contributed by atoms with Crippen LogP contribution in [0.25, 0.3) is 0 Å². The normalized spacial score (nSPS) is 25.0. The first-order valence-electron chi connectivity index (χ1n) is 7.49. The molecule has 0 spiro atoms. The minimum atomic E-state index is -1.23. The van der Waals surface area contributed by atoms with Crippen molar-refractivity contribution in [3.05, 3.63) is 50.4 Å². The number of likely N-dealkylation sites (tertiary alicyclic amines) is 1. The summed E-state index contributed by atoms with van der Waals surface area (Å²) in [7, 11) is 0. The van der Waals surface area contributed by atoms with Crippen molar-refractivity contribution in [1.82, 2.24) is 9.88 Å². The van der Waals surface area contributed by atoms with Crippen molar-refractivity contribution in [2.24, 2.45) is 5.92 Å². The third-order valence-corrected chi connectivity index (χ3v) is 6.77. The number of benzene rings is 1. The van der Waals surface area contributed by atoms with Crippen molar-refractivity contribution in [2.75, 3.05) is 6.54 Å². The van der Waals surface area contributed by atoms with Crippen LogP contribution < -0.4 is 4.87 Å². The Kier molecular flexibility index (Phi) is 3.77. The number of thiazole rings is 1. The number of H-pyrrole nitrogens is 1. The highest BCUT2D eigenvalue weighted by atomic mass is 32.2. The average Bonchev–Trinajstić information content (AvgIpc) is 3.06. The molecule has 9 heteroatoms. The quantitative estimate of drug-likeness (QED) is 0.777. The third kappa shape index (κ3) is 2.50. The number of carboxylic acid groups (broad SMARTS) is 1. The van der Waals surface area contributed by atoms with Crippen molar-refractivity contribution in [1.29, 1.82) is 0 Å². The van der Waals surface area contributed by atoms with Crippen LogP contribution in [-0.4, -0.2) is 44.6 Å². The maximum atomic E-state index is 12.8. The number of carbonyl (C=O) groups excluding carboxylic acids is 2. The molecule has 1 fully saturated rings. The molecule has 2 aliphatic rings. The van der Waals surface area contributed by atoms with E-state index >= 15 is 0 Å². The molecule has 2 aromatic rings. The minimum absolute atomic E-state index is 0.235. The zero-order valence-electron chi connectivity index (χ0n) is 12.7. The van der Waals surface area contributed by atoms with Gasteiger partial charge in [-0.15, -0.1) is 0 Å². The number of thioether (sulfide) groups is 1. The number of aromatic nitrogens is 1. The molecule has 1 aromatic carbocycles. The van der Waals surface area contributed by atoms with Gasteiger partial charge in [0.15, 0.2) is 0 Å². The number of hydrogen-bond donors (Lipinski definition) is 2. The molecule has 3 heterocycles. The number of carbonyl (C=O) groups is 3. The van der Waals surface area contributed by atoms with Gasteiger partial charge in [0.2, 0.25) is 11.8 Å². The van der Waals surface area contributed by atoms with Crippen LogP contribution >= 0.6 is 23.1 Å². The van der Waals surface area contributed by atoms with Crippen molar-refractivity contribution in [3.8, 4) is 0 Å². The lowest BCUT2D eigenvalue weighted by molar-refractivity contribution is -0.149. The number of nitrogens with one attached hydrogen (secondary N) is 1. The Balaban J connectivity index is 1.85. The number of nitrogens with zero attached hydrogens (tertiary/aromatic N) is 1. The van der Waals surface area contributed by atoms with Gasteiger partial charge in [-0.1, -0.05) is 53.4 Å². The van der Waals surface area contributed by atoms with Gasteiger partial charge in [0.1, 0.15) is 11.8 Å². The first kappa shape index (κ1) is 16.1. The molecule has 2 amide bonds. The number of imide groups is 1. The first-order valence-corrected chi connectivity index (χ1v) is 9.18. The fourth-order valence-electron chi connectivity index (χ4n) is 3.38. The van der Waals surface area contributed by atoms with Crippen molar-refractivity contribution >= 4 is 40.9 Å². The van der Waals surface area contributed by atoms with Crippen LogP contribution in [0.2, 0.25) is 0 Å². The molecule has 2 unspecified atom stereocenters. The number of carboxylic acids is 1. The topological polar surface area (TPSA) is 108 Å². The van der Waals surface area contributed by atoms with Gasteiger partial charge >= 0.3 is 10.8 Å². The first-order chi connectivity index (χ1) is 12.0. The predicted octanol–water partition coefficient (Wildman–Crippen LogP) is 1.11. The summed E-state index contributed by atoms with van der Waals surface area (Å²) in [6.45, 7) is -0.642. The maximum Gasteiger partial charge on any atom is 0.323 e. The summed E-state index contributed by atoms with van der Waals surface area (Å²) in [5.74, 6) is -3.39. The lowest BCUT2D eigenvalue weighted by atomic mass is 9.83. The third-order valence-electron chi connectivity index (χ3n) is 4.37. The molecular formula is C16H12N2O5S2. The van der Waals surface area contributed by atoms with E-state index in [-0.39, 0.29) is 4.87 Å². The molecule has 1 aromatic heterocycles. The van der Waals surface area contributed by atoms with Crippen molar-refractivity contribution in [3.63, 3.8) is 0 Å². The van der Waals surface area contributed by atoms with E-state index in [1.807, 2.05) is 30.3 Å². The van der Waals surface area contributed by atoms with Crippen LogP contribution in [0, 0.1) is 5.92 Å². The molecule has 25 heavy (non-hydrogen) atoms. The summed E-state index contributed by atoms with van der Waals surface area (Å²) in [6, 6.07) is 9.21. The number of aromatic amines is 1. The van der Waals surface area contributed by atoms with Gasteiger partial charge in [-0.2, -0.15) is 0 Å². The van der Waals surface area contributed by atoms with E-state index in [2.05, 4.69) is 4.98 Å². The molecule has 4 rings (SSSR count). The summed E-state index contributed by atoms with van der Waals surface area (Å²) >= 11 is 2.17. The van der Waals surface area contributed by atoms with E-state index in [1.165, 1.54) is 0 Å². The molecule has 2 N–H and O–H groups in total. The maximum absolute atomic E-state index is 12.8. The van der Waals surface area contributed by atoms with Gasteiger partial charge in [-0.3, -0.25) is 24.1 Å². The standard InChI is InChI=1S/C16H12N2O5S2/c19-8(20)6-18-14(21)10-9(7-4-2-1-3-5-7)11-13(17-16(23)25-11)24-12(10)15(18)22/h1-5,9-10,12H,6H2,(H,17,23)(H,19,20)/t9-,10?,12?/m0/s1. The van der Waals surface area contributed by atoms with Gasteiger partial charge in [-0.25, -0.2) is 0 Å². The fourth-order valence-corrected chi connectivity index (χ4v) is 5.92. The summed E-state index contributed by atoms with van der Waals surface area (Å²) in [5.41, 5.74) is 0.827. The Bertz CT molecular complexity index is 936. The lowest BCUT2D eigenvalue weighted by Crippen LogP contribution is -2.36. The predicted molar refractivity (Wildman–Crippen MR) is 90.7 cm³/mol. The SMILES string of the molecule is O=C(O)CN1C(=O)C2Sc3[nH]c(=O)sc3[C@@H](c3ccccc3)C2C1=O. The second kappa shape index (κ2) is 5.85. The van der Waals surface area contributed by atoms with Gasteiger partial charge in [0.05, 0.1) is 10.9 Å². The summed E-state index contributed by atoms with van der Waals surface area (Å²) in [4.78, 5) is 52.3. The van der Waals surface area contributed by atoms with E-state index in [0.717, 1.165) is 38.4 Å². The molecule has 128 valence electrons. The highest BCUT2D eigenvalue weighted by molar-refractivity contribution is 8.00. The number of rotatable bonds is 3. The van der Waals surface area contributed by atoms with Gasteiger partial charge < -0.3 is 10.1 Å². The molecular weight excluding hydrogens is 364 g/mol. The highest BCUT2D eigenvalue weighted by Crippen LogP contribution is 2.52. The van der Waals surface area contributed by atoms with Crippen LogP contribution in [0.15, 0.2) is 40.2 Å². The van der Waals surface area contributed by atoms with Gasteiger partial charge in [-0.05, 0) is 5.56 Å². The Morgan fingerprint density at radius 1 is 1.16 bits per heavy atom. The highest BCUT2D eigenvalue weighted by Gasteiger charge is 2.56. The zero-order valence-corrected chi connectivity index (χ0v) is 14.3. The van der Waals surface area contributed by atoms with E-state index in [4.69, 9.17) is 5.11 Å². The summed E-state index contributed by atoms with van der Waals surface area (Å²) in [5, 5.41) is 8.86. The Hall–Kier alpha value is -2.39. The second-order valence-corrected chi connectivity index (χ2v) is 7.98. The number of amides is 2. The fraction of sp³-hybridized carbons (Fsp3) is 0.250. The van der Waals surface area contributed by atoms with Gasteiger partial charge in [0, 0.05) is 10.8 Å². The molecule has 0 saturated carbocycles. The summed E-state index contributed by atoms with van der Waals surface area (Å²) < 4.78 is 0. The molecule has 3 atom stereocenters. The smallest absolute Gasteiger partial charge is 0.323 e. The largest absolute Gasteiger partial charge is 0.480 e. The minimum Gasteiger partial charge on any atom is -0.480 e. The average molecular weight is 376 g/mol. The molecule has 0 bridgehead atoms. The van der Waals surface area contributed by atoms with Crippen LogP contribution in [0.5, 0.6) is 0 Å². The Labute approximate surface area is 149 Å². The van der Waals surface area contributed by atoms with Crippen LogP contribution in [0.1, 0.15) is 16.4 Å². The van der Waals surface area contributed by atoms with Crippen LogP contribution in [0.3, 0.4) is 0 Å². The monoisotopic (exact) mass is 376 g/mol. The van der Waals surface area contributed by atoms with Crippen molar-refractivity contribution in [2.45, 2.75) is 16.2 Å². The van der Waals surface area contributed by atoms with Crippen LogP contribution in [0.4, 0.5) is 0 Å². The van der Waals surface area contributed by atoms with E-state index in [9.17, 15) is 19.2 Å².